The lowest BCUT2D eigenvalue weighted by molar-refractivity contribution is -0.171. The van der Waals surface area contributed by atoms with Crippen molar-refractivity contribution in [1.82, 2.24) is 0 Å². The van der Waals surface area contributed by atoms with Gasteiger partial charge in [0.1, 0.15) is 5.75 Å². The van der Waals surface area contributed by atoms with E-state index in [9.17, 15) is 18.0 Å². The highest BCUT2D eigenvalue weighted by Crippen LogP contribution is 2.27. The number of rotatable bonds is 4. The fraction of sp³-hybridized carbons (Fsp3) is 0.190. The van der Waals surface area contributed by atoms with Crippen molar-refractivity contribution in [2.75, 3.05) is 7.11 Å². The van der Waals surface area contributed by atoms with Crippen LogP contribution < -0.4 is 4.74 Å². The molecule has 1 atom stereocenters. The van der Waals surface area contributed by atoms with Crippen LogP contribution >= 0.6 is 0 Å². The standard InChI is InChI=1S/C21H15F3O2/c1-26-19-13-11-17(12-14-19)18(15-20(25)21(22,23)24)10-6-5-9-16-7-3-2-4-8-16/h2-4,7-8,11-14,18H,15H2,1H3/t18-/m1/s1. The molecule has 0 spiro atoms. The number of carbonyl (C=O) groups excluding carboxylic acids is 1. The summed E-state index contributed by atoms with van der Waals surface area (Å²) < 4.78 is 42.9. The quantitative estimate of drug-likeness (QED) is 0.761. The Kier molecular flexibility index (Phi) is 6.47. The van der Waals surface area contributed by atoms with Crippen LogP contribution in [-0.4, -0.2) is 19.1 Å². The van der Waals surface area contributed by atoms with Gasteiger partial charge in [0.15, 0.2) is 0 Å². The van der Waals surface area contributed by atoms with Crippen LogP contribution in [0.5, 0.6) is 5.75 Å². The minimum atomic E-state index is -4.89. The van der Waals surface area contributed by atoms with E-state index in [4.69, 9.17) is 4.74 Å². The molecule has 5 heteroatoms. The molecule has 2 nitrogen and oxygen atoms in total. The lowest BCUT2D eigenvalue weighted by atomic mass is 9.94. The topological polar surface area (TPSA) is 26.3 Å². The minimum Gasteiger partial charge on any atom is -0.497 e. The molecular weight excluding hydrogens is 341 g/mol. The van der Waals surface area contributed by atoms with E-state index < -0.39 is 24.3 Å². The Bertz CT molecular complexity index is 861. The third-order valence-corrected chi connectivity index (χ3v) is 3.51. The number of benzene rings is 2. The predicted molar refractivity (Wildman–Crippen MR) is 92.5 cm³/mol. The molecule has 0 heterocycles. The average Bonchev–Trinajstić information content (AvgIpc) is 2.64. The van der Waals surface area contributed by atoms with Gasteiger partial charge in [0, 0.05) is 12.0 Å². The van der Waals surface area contributed by atoms with Gasteiger partial charge in [-0.05, 0) is 41.7 Å². The Labute approximate surface area is 150 Å². The van der Waals surface area contributed by atoms with Crippen LogP contribution in [0.25, 0.3) is 0 Å². The second-order valence-corrected chi connectivity index (χ2v) is 5.34. The van der Waals surface area contributed by atoms with Crippen molar-refractivity contribution in [2.45, 2.75) is 18.5 Å². The molecule has 0 aliphatic heterocycles. The maximum atomic E-state index is 12.6. The molecule has 0 N–H and O–H groups in total. The summed E-state index contributed by atoms with van der Waals surface area (Å²) in [6.07, 6.45) is -5.64. The number of hydrogen-bond donors (Lipinski definition) is 0. The molecule has 132 valence electrons. The average molecular weight is 356 g/mol. The van der Waals surface area contributed by atoms with Gasteiger partial charge < -0.3 is 4.74 Å². The highest BCUT2D eigenvalue weighted by molar-refractivity contribution is 5.85. The summed E-state index contributed by atoms with van der Waals surface area (Å²) in [6, 6.07) is 15.5. The number of halogens is 3. The summed E-state index contributed by atoms with van der Waals surface area (Å²) in [5.74, 6) is 8.47. The van der Waals surface area contributed by atoms with Gasteiger partial charge in [-0.3, -0.25) is 4.79 Å². The maximum absolute atomic E-state index is 12.6. The van der Waals surface area contributed by atoms with Crippen molar-refractivity contribution in [3.8, 4) is 29.4 Å². The molecule has 0 radical (unpaired) electrons. The molecule has 0 aromatic heterocycles. The van der Waals surface area contributed by atoms with Gasteiger partial charge in [-0.2, -0.15) is 13.2 Å². The molecular formula is C21H15F3O2. The Morgan fingerprint density at radius 2 is 1.69 bits per heavy atom. The highest BCUT2D eigenvalue weighted by Gasteiger charge is 2.39. The molecule has 0 unspecified atom stereocenters. The van der Waals surface area contributed by atoms with Gasteiger partial charge in [-0.15, -0.1) is 0 Å². The van der Waals surface area contributed by atoms with Gasteiger partial charge in [0.05, 0.1) is 13.0 Å². The van der Waals surface area contributed by atoms with E-state index in [0.717, 1.165) is 5.56 Å². The second-order valence-electron chi connectivity index (χ2n) is 5.34. The molecule has 2 aromatic carbocycles. The first-order valence-corrected chi connectivity index (χ1v) is 7.70. The normalized spacial score (nSPS) is 11.4. The van der Waals surface area contributed by atoms with Gasteiger partial charge in [-0.1, -0.05) is 42.2 Å². The van der Waals surface area contributed by atoms with Crippen molar-refractivity contribution < 1.29 is 22.7 Å². The second kappa shape index (κ2) is 8.78. The van der Waals surface area contributed by atoms with E-state index in [2.05, 4.69) is 23.7 Å². The van der Waals surface area contributed by atoms with Crippen molar-refractivity contribution >= 4 is 5.78 Å². The molecule has 0 aliphatic carbocycles. The van der Waals surface area contributed by atoms with E-state index >= 15 is 0 Å². The fourth-order valence-corrected chi connectivity index (χ4v) is 2.14. The lowest BCUT2D eigenvalue weighted by Crippen LogP contribution is -2.24. The zero-order valence-corrected chi connectivity index (χ0v) is 13.9. The molecule has 2 aromatic rings. The summed E-state index contributed by atoms with van der Waals surface area (Å²) in [7, 11) is 1.48. The van der Waals surface area contributed by atoms with Gasteiger partial charge in [0.25, 0.3) is 0 Å². The zero-order valence-electron chi connectivity index (χ0n) is 13.9. The molecule has 26 heavy (non-hydrogen) atoms. The summed E-state index contributed by atoms with van der Waals surface area (Å²) in [6.45, 7) is 0. The van der Waals surface area contributed by atoms with Crippen LogP contribution in [0, 0.1) is 23.7 Å². The number of carbonyl (C=O) groups is 1. The largest absolute Gasteiger partial charge is 0.497 e. The zero-order chi connectivity index (χ0) is 19.0. The van der Waals surface area contributed by atoms with Gasteiger partial charge >= 0.3 is 6.18 Å². The lowest BCUT2D eigenvalue weighted by Gasteiger charge is -2.12. The molecule has 0 amide bonds. The highest BCUT2D eigenvalue weighted by atomic mass is 19.4. The summed E-state index contributed by atoms with van der Waals surface area (Å²) in [5.41, 5.74) is 1.24. The molecule has 0 aliphatic rings. The number of methoxy groups -OCH3 is 1. The summed E-state index contributed by atoms with van der Waals surface area (Å²) >= 11 is 0. The first-order chi connectivity index (χ1) is 12.4. The van der Waals surface area contributed by atoms with Gasteiger partial charge in [0.2, 0.25) is 5.78 Å². The maximum Gasteiger partial charge on any atom is 0.450 e. The van der Waals surface area contributed by atoms with E-state index in [1.807, 2.05) is 18.2 Å². The monoisotopic (exact) mass is 356 g/mol. The van der Waals surface area contributed by atoms with Crippen LogP contribution in [0.3, 0.4) is 0 Å². The first kappa shape index (κ1) is 19.1. The van der Waals surface area contributed by atoms with Crippen LogP contribution in [-0.2, 0) is 4.79 Å². The van der Waals surface area contributed by atoms with E-state index in [1.54, 1.807) is 36.4 Å². The third kappa shape index (κ3) is 5.72. The third-order valence-electron chi connectivity index (χ3n) is 3.51. The van der Waals surface area contributed by atoms with E-state index in [1.165, 1.54) is 7.11 Å². The number of ether oxygens (including phenoxy) is 1. The molecule has 2 rings (SSSR count). The molecule has 0 fully saturated rings. The Morgan fingerprint density at radius 1 is 1.04 bits per heavy atom. The Morgan fingerprint density at radius 3 is 2.27 bits per heavy atom. The Balaban J connectivity index is 2.24. The van der Waals surface area contributed by atoms with E-state index in [0.29, 0.717) is 11.3 Å². The van der Waals surface area contributed by atoms with Crippen molar-refractivity contribution in [3.63, 3.8) is 0 Å². The van der Waals surface area contributed by atoms with Crippen LogP contribution in [0.15, 0.2) is 54.6 Å². The smallest absolute Gasteiger partial charge is 0.450 e. The number of Topliss-reactive ketones (excluding diaryl/α,β-unsaturated/α-hetero) is 1. The molecule has 0 saturated carbocycles. The summed E-state index contributed by atoms with van der Waals surface area (Å²) in [4.78, 5) is 11.4. The van der Waals surface area contributed by atoms with Gasteiger partial charge in [-0.25, -0.2) is 0 Å². The summed E-state index contributed by atoms with van der Waals surface area (Å²) in [5, 5.41) is 0. The van der Waals surface area contributed by atoms with E-state index in [-0.39, 0.29) is 0 Å². The number of ketones is 1. The van der Waals surface area contributed by atoms with Crippen molar-refractivity contribution in [1.29, 1.82) is 0 Å². The van der Waals surface area contributed by atoms with Crippen LogP contribution in [0.4, 0.5) is 13.2 Å². The Hall–Kier alpha value is -3.18. The first-order valence-electron chi connectivity index (χ1n) is 7.70. The van der Waals surface area contributed by atoms with Crippen LogP contribution in [0.2, 0.25) is 0 Å². The SMILES string of the molecule is COc1ccc([C@H](C#CC#Cc2ccccc2)CC(=O)C(F)(F)F)cc1. The fourth-order valence-electron chi connectivity index (χ4n) is 2.14. The number of hydrogen-bond acceptors (Lipinski definition) is 2. The van der Waals surface area contributed by atoms with Crippen LogP contribution in [0.1, 0.15) is 23.5 Å². The molecule has 0 saturated heterocycles. The molecule has 0 bridgehead atoms. The minimum absolute atomic E-state index is 0.498. The predicted octanol–water partition coefficient (Wildman–Crippen LogP) is 4.36. The van der Waals surface area contributed by atoms with Crippen molar-refractivity contribution in [2.24, 2.45) is 0 Å². The number of alkyl halides is 3. The van der Waals surface area contributed by atoms with Crippen molar-refractivity contribution in [3.05, 3.63) is 65.7 Å².